The number of carboxylic acid groups (broad SMARTS) is 1. The third kappa shape index (κ3) is 10.7. The Hall–Kier alpha value is -2.63. The zero-order valence-electron chi connectivity index (χ0n) is 20.4. The van der Waals surface area contributed by atoms with E-state index in [0.29, 0.717) is 25.8 Å². The van der Waals surface area contributed by atoms with E-state index in [1.165, 1.54) is 0 Å². The number of unbranched alkanes of at least 4 members (excludes halogenated alkanes) is 1. The highest BCUT2D eigenvalue weighted by molar-refractivity contribution is 7.80. The second-order valence-electron chi connectivity index (χ2n) is 8.60. The summed E-state index contributed by atoms with van der Waals surface area (Å²) in [6.45, 7) is 4.21. The van der Waals surface area contributed by atoms with Crippen LogP contribution in [0.25, 0.3) is 0 Å². The van der Waals surface area contributed by atoms with Gasteiger partial charge in [-0.1, -0.05) is 57.0 Å². The van der Waals surface area contributed by atoms with Crippen LogP contribution in [0.4, 0.5) is 0 Å². The van der Waals surface area contributed by atoms with Crippen LogP contribution in [-0.2, 0) is 25.6 Å². The summed E-state index contributed by atoms with van der Waals surface area (Å²) in [6.07, 6.45) is 2.61. The molecule has 0 bridgehead atoms. The molecule has 1 aromatic carbocycles. The number of hydrogen-bond donors (Lipinski definition) is 7. The highest BCUT2D eigenvalue weighted by atomic mass is 32.1. The number of aliphatic carboxylic acids is 1. The van der Waals surface area contributed by atoms with Crippen LogP contribution in [0.1, 0.15) is 45.1 Å². The van der Waals surface area contributed by atoms with E-state index in [0.717, 1.165) is 12.0 Å². The Morgan fingerprint density at radius 3 is 2.14 bits per heavy atom. The molecule has 0 spiro atoms. The maximum absolute atomic E-state index is 13.3. The maximum Gasteiger partial charge on any atom is 0.327 e. The lowest BCUT2D eigenvalue weighted by Crippen LogP contribution is -2.59. The van der Waals surface area contributed by atoms with E-state index in [-0.39, 0.29) is 18.1 Å². The summed E-state index contributed by atoms with van der Waals surface area (Å²) < 4.78 is 0. The van der Waals surface area contributed by atoms with Gasteiger partial charge in [-0.05, 0) is 30.9 Å². The van der Waals surface area contributed by atoms with E-state index in [4.69, 9.17) is 11.5 Å². The largest absolute Gasteiger partial charge is 0.480 e. The van der Waals surface area contributed by atoms with Gasteiger partial charge >= 0.3 is 5.97 Å². The average Bonchev–Trinajstić information content (AvgIpc) is 2.84. The lowest BCUT2D eigenvalue weighted by molar-refractivity contribution is -0.141. The van der Waals surface area contributed by atoms with Crippen molar-refractivity contribution in [2.24, 2.45) is 17.4 Å². The van der Waals surface area contributed by atoms with Gasteiger partial charge < -0.3 is 32.5 Å². The van der Waals surface area contributed by atoms with Gasteiger partial charge in [-0.3, -0.25) is 14.4 Å². The van der Waals surface area contributed by atoms with Crippen LogP contribution in [0.5, 0.6) is 0 Å². The molecule has 35 heavy (non-hydrogen) atoms. The molecule has 5 atom stereocenters. The molecule has 0 aliphatic heterocycles. The van der Waals surface area contributed by atoms with Gasteiger partial charge in [-0.25, -0.2) is 4.79 Å². The van der Waals surface area contributed by atoms with Crippen LogP contribution in [0.2, 0.25) is 0 Å². The highest BCUT2D eigenvalue weighted by Crippen LogP contribution is 2.11. The van der Waals surface area contributed by atoms with Crippen molar-refractivity contribution >= 4 is 36.3 Å². The van der Waals surface area contributed by atoms with Crippen molar-refractivity contribution in [3.63, 3.8) is 0 Å². The van der Waals surface area contributed by atoms with Crippen LogP contribution in [-0.4, -0.2) is 65.3 Å². The molecular weight excluding hydrogens is 470 g/mol. The minimum atomic E-state index is -1.23. The molecule has 0 aliphatic carbocycles. The summed E-state index contributed by atoms with van der Waals surface area (Å²) in [5.74, 6) is -3.23. The first-order valence-corrected chi connectivity index (χ1v) is 12.5. The third-order valence-electron chi connectivity index (χ3n) is 5.81. The van der Waals surface area contributed by atoms with Crippen molar-refractivity contribution in [3.05, 3.63) is 35.9 Å². The van der Waals surface area contributed by atoms with Gasteiger partial charge in [0.25, 0.3) is 0 Å². The van der Waals surface area contributed by atoms with Crippen LogP contribution in [0.3, 0.4) is 0 Å². The smallest absolute Gasteiger partial charge is 0.327 e. The number of nitrogens with one attached hydrogen (secondary N) is 3. The second kappa shape index (κ2) is 16.1. The Bertz CT molecular complexity index is 826. The Balaban J connectivity index is 3.04. The Morgan fingerprint density at radius 1 is 0.971 bits per heavy atom. The van der Waals surface area contributed by atoms with Crippen molar-refractivity contribution in [3.8, 4) is 0 Å². The number of carbonyl (C=O) groups is 4. The first kappa shape index (κ1) is 30.4. The van der Waals surface area contributed by atoms with E-state index in [9.17, 15) is 24.3 Å². The predicted molar refractivity (Wildman–Crippen MR) is 138 cm³/mol. The number of benzene rings is 1. The summed E-state index contributed by atoms with van der Waals surface area (Å²) in [6, 6.07) is 5.05. The molecule has 0 aromatic heterocycles. The maximum atomic E-state index is 13.3. The molecule has 196 valence electrons. The van der Waals surface area contributed by atoms with Crippen molar-refractivity contribution in [2.75, 3.05) is 12.3 Å². The average molecular weight is 510 g/mol. The molecule has 0 heterocycles. The molecule has 3 amide bonds. The molecule has 1 aromatic rings. The van der Waals surface area contributed by atoms with Crippen molar-refractivity contribution < 1.29 is 24.3 Å². The van der Waals surface area contributed by atoms with Gasteiger partial charge in [-0.15, -0.1) is 0 Å². The monoisotopic (exact) mass is 509 g/mol. The predicted octanol–water partition coefficient (Wildman–Crippen LogP) is 0.200. The molecule has 11 heteroatoms. The van der Waals surface area contributed by atoms with Gasteiger partial charge in [-0.2, -0.15) is 12.6 Å². The molecule has 0 radical (unpaired) electrons. The molecule has 5 unspecified atom stereocenters. The van der Waals surface area contributed by atoms with Crippen molar-refractivity contribution in [1.82, 2.24) is 16.0 Å². The number of thiol groups is 1. The zero-order chi connectivity index (χ0) is 26.4. The lowest BCUT2D eigenvalue weighted by atomic mass is 9.96. The molecule has 8 N–H and O–H groups in total. The summed E-state index contributed by atoms with van der Waals surface area (Å²) in [5, 5.41) is 17.1. The number of carboxylic acids is 1. The molecule has 0 saturated carbocycles. The van der Waals surface area contributed by atoms with Crippen LogP contribution in [0, 0.1) is 5.92 Å². The first-order chi connectivity index (χ1) is 16.6. The molecular formula is C24H39N5O5S. The fourth-order valence-electron chi connectivity index (χ4n) is 3.38. The number of carbonyl (C=O) groups excluding carboxylic acids is 3. The Kier molecular flexibility index (Phi) is 14.0. The van der Waals surface area contributed by atoms with Crippen molar-refractivity contribution in [2.45, 2.75) is 70.1 Å². The van der Waals surface area contributed by atoms with Gasteiger partial charge in [0.2, 0.25) is 17.7 Å². The van der Waals surface area contributed by atoms with E-state index in [1.807, 2.05) is 19.9 Å². The third-order valence-corrected chi connectivity index (χ3v) is 6.18. The van der Waals surface area contributed by atoms with Gasteiger partial charge in [0.15, 0.2) is 0 Å². The minimum absolute atomic E-state index is 0.110. The summed E-state index contributed by atoms with van der Waals surface area (Å²) in [5.41, 5.74) is 12.2. The molecule has 0 saturated heterocycles. The molecule has 10 nitrogen and oxygen atoms in total. The summed E-state index contributed by atoms with van der Waals surface area (Å²) in [4.78, 5) is 50.2. The van der Waals surface area contributed by atoms with E-state index < -0.39 is 47.9 Å². The lowest BCUT2D eigenvalue weighted by Gasteiger charge is -2.28. The number of rotatable bonds is 16. The van der Waals surface area contributed by atoms with E-state index in [1.54, 1.807) is 24.3 Å². The second-order valence-corrected chi connectivity index (χ2v) is 8.96. The SMILES string of the molecule is CCC(C)C(NC(=O)C(N)CCCCN)C(=O)NC(Cc1ccccc1)C(=O)NC(CS)C(=O)O. The first-order valence-electron chi connectivity index (χ1n) is 11.9. The van der Waals surface area contributed by atoms with Crippen LogP contribution < -0.4 is 27.4 Å². The fraction of sp³-hybridized carbons (Fsp3) is 0.583. The van der Waals surface area contributed by atoms with E-state index >= 15 is 0 Å². The molecule has 0 fully saturated rings. The summed E-state index contributed by atoms with van der Waals surface area (Å²) in [7, 11) is 0. The fourth-order valence-corrected chi connectivity index (χ4v) is 3.63. The Morgan fingerprint density at radius 2 is 1.60 bits per heavy atom. The minimum Gasteiger partial charge on any atom is -0.480 e. The number of nitrogens with two attached hydrogens (primary N) is 2. The topological polar surface area (TPSA) is 177 Å². The van der Waals surface area contributed by atoms with Gasteiger partial charge in [0.05, 0.1) is 6.04 Å². The van der Waals surface area contributed by atoms with E-state index in [2.05, 4.69) is 28.6 Å². The quantitative estimate of drug-likeness (QED) is 0.123. The van der Waals surface area contributed by atoms with Crippen LogP contribution >= 0.6 is 12.6 Å². The normalized spacial score (nSPS) is 15.2. The number of hydrogen-bond acceptors (Lipinski definition) is 7. The van der Waals surface area contributed by atoms with Crippen LogP contribution in [0.15, 0.2) is 30.3 Å². The van der Waals surface area contributed by atoms with Crippen molar-refractivity contribution in [1.29, 1.82) is 0 Å². The highest BCUT2D eigenvalue weighted by Gasteiger charge is 2.32. The van der Waals surface area contributed by atoms with Gasteiger partial charge in [0.1, 0.15) is 18.1 Å². The standard InChI is InChI=1S/C24H39N5O5S/c1-3-15(2)20(29-21(30)17(26)11-7-8-12-25)23(32)27-18(13-16-9-5-4-6-10-16)22(31)28-19(14-35)24(33)34/h4-6,9-10,15,17-20,35H,3,7-8,11-14,25-26H2,1-2H3,(H,27,32)(H,28,31)(H,29,30)(H,33,34). The van der Waals surface area contributed by atoms with Gasteiger partial charge in [0, 0.05) is 12.2 Å². The molecule has 1 rings (SSSR count). The Labute approximate surface area is 212 Å². The molecule has 0 aliphatic rings. The summed E-state index contributed by atoms with van der Waals surface area (Å²) >= 11 is 3.98. The number of amides is 3. The zero-order valence-corrected chi connectivity index (χ0v) is 21.3.